The number of hydrogen-bond donors (Lipinski definition) is 0. The van der Waals surface area contributed by atoms with Gasteiger partial charge in [-0.2, -0.15) is 0 Å². The number of hydrogen-bond acceptors (Lipinski definition) is 3. The van der Waals surface area contributed by atoms with Crippen LogP contribution in [0.2, 0.25) is 0 Å². The molecule has 1 rings (SSSR count). The molecule has 0 saturated carbocycles. The van der Waals surface area contributed by atoms with Gasteiger partial charge in [0.15, 0.2) is 0 Å². The van der Waals surface area contributed by atoms with Crippen molar-refractivity contribution in [2.75, 3.05) is 33.7 Å². The average molecular weight is 184 g/mol. The summed E-state index contributed by atoms with van der Waals surface area (Å²) in [6.45, 7) is 3.23. The zero-order chi connectivity index (χ0) is 9.68. The van der Waals surface area contributed by atoms with E-state index in [9.17, 15) is 4.79 Å². The summed E-state index contributed by atoms with van der Waals surface area (Å²) in [7, 11) is 4.28. The second-order valence-corrected chi connectivity index (χ2v) is 3.99. The van der Waals surface area contributed by atoms with Gasteiger partial charge in [-0.05, 0) is 33.5 Å². The van der Waals surface area contributed by atoms with E-state index in [0.717, 1.165) is 19.4 Å². The predicted molar refractivity (Wildman–Crippen MR) is 53.8 cm³/mol. The van der Waals surface area contributed by atoms with Gasteiger partial charge in [-0.3, -0.25) is 0 Å². The van der Waals surface area contributed by atoms with Crippen LogP contribution in [0.1, 0.15) is 19.3 Å². The van der Waals surface area contributed by atoms with E-state index < -0.39 is 0 Å². The summed E-state index contributed by atoms with van der Waals surface area (Å²) in [4.78, 5) is 14.8. The third-order valence-corrected chi connectivity index (χ3v) is 2.82. The van der Waals surface area contributed by atoms with Gasteiger partial charge in [0.1, 0.15) is 6.29 Å². The maximum Gasteiger partial charge on any atom is 0.121 e. The van der Waals surface area contributed by atoms with Crippen LogP contribution in [0.4, 0.5) is 0 Å². The Bertz CT molecular complexity index is 161. The molecule has 1 aliphatic heterocycles. The van der Waals surface area contributed by atoms with Gasteiger partial charge in [-0.15, -0.1) is 0 Å². The lowest BCUT2D eigenvalue weighted by Crippen LogP contribution is -2.37. The molecule has 1 unspecified atom stereocenters. The Morgan fingerprint density at radius 3 is 2.92 bits per heavy atom. The smallest absolute Gasteiger partial charge is 0.121 e. The molecule has 0 aliphatic carbocycles. The largest absolute Gasteiger partial charge is 0.304 e. The molecule has 13 heavy (non-hydrogen) atoms. The minimum Gasteiger partial charge on any atom is -0.304 e. The van der Waals surface area contributed by atoms with E-state index in [0.29, 0.717) is 12.5 Å². The number of aldehydes is 1. The second kappa shape index (κ2) is 5.35. The standard InChI is InChI=1S/C10H20N2O/c1-11(6-4-8-13)9-10-5-3-7-12(10)2/h8,10H,3-7,9H2,1-2H3. The van der Waals surface area contributed by atoms with E-state index in [1.165, 1.54) is 19.4 Å². The van der Waals surface area contributed by atoms with Crippen LogP contribution in [0.25, 0.3) is 0 Å². The molecule has 1 saturated heterocycles. The SMILES string of the molecule is CN(CCC=O)CC1CCCN1C. The molecule has 0 bridgehead atoms. The fraction of sp³-hybridized carbons (Fsp3) is 0.900. The molecule has 0 radical (unpaired) electrons. The van der Waals surface area contributed by atoms with E-state index >= 15 is 0 Å². The quantitative estimate of drug-likeness (QED) is 0.585. The van der Waals surface area contributed by atoms with Crippen LogP contribution in [-0.4, -0.2) is 55.9 Å². The zero-order valence-corrected chi connectivity index (χ0v) is 8.70. The maximum atomic E-state index is 10.2. The lowest BCUT2D eigenvalue weighted by Gasteiger charge is -2.25. The first-order chi connectivity index (χ1) is 6.24. The molecule has 1 fully saturated rings. The fourth-order valence-corrected chi connectivity index (χ4v) is 1.93. The molecule has 76 valence electrons. The van der Waals surface area contributed by atoms with Crippen LogP contribution < -0.4 is 0 Å². The first kappa shape index (κ1) is 10.7. The lowest BCUT2D eigenvalue weighted by molar-refractivity contribution is -0.108. The molecule has 0 amide bonds. The van der Waals surface area contributed by atoms with E-state index in [2.05, 4.69) is 23.9 Å². The number of carbonyl (C=O) groups excluding carboxylic acids is 1. The minimum atomic E-state index is 0.660. The van der Waals surface area contributed by atoms with Crippen LogP contribution in [0, 0.1) is 0 Å². The Labute approximate surface area is 80.7 Å². The van der Waals surface area contributed by atoms with E-state index in [1.807, 2.05) is 0 Å². The fourth-order valence-electron chi connectivity index (χ4n) is 1.93. The summed E-state index contributed by atoms with van der Waals surface area (Å²) >= 11 is 0. The van der Waals surface area contributed by atoms with Crippen LogP contribution in [-0.2, 0) is 4.79 Å². The highest BCUT2D eigenvalue weighted by atomic mass is 16.1. The van der Waals surface area contributed by atoms with Gasteiger partial charge in [0.25, 0.3) is 0 Å². The van der Waals surface area contributed by atoms with Crippen molar-refractivity contribution >= 4 is 6.29 Å². The van der Waals surface area contributed by atoms with Crippen LogP contribution >= 0.6 is 0 Å². The summed E-state index contributed by atoms with van der Waals surface area (Å²) in [5.74, 6) is 0. The summed E-state index contributed by atoms with van der Waals surface area (Å²) < 4.78 is 0. The third kappa shape index (κ3) is 3.44. The third-order valence-electron chi connectivity index (χ3n) is 2.82. The van der Waals surface area contributed by atoms with Gasteiger partial charge in [-0.25, -0.2) is 0 Å². The number of rotatable bonds is 5. The van der Waals surface area contributed by atoms with Crippen molar-refractivity contribution in [1.29, 1.82) is 0 Å². The summed E-state index contributed by atoms with van der Waals surface area (Å²) in [6.07, 6.45) is 4.28. The van der Waals surface area contributed by atoms with Gasteiger partial charge in [0.05, 0.1) is 0 Å². The molecule has 0 aromatic rings. The second-order valence-electron chi connectivity index (χ2n) is 3.99. The molecule has 0 N–H and O–H groups in total. The summed E-state index contributed by atoms with van der Waals surface area (Å²) in [5.41, 5.74) is 0. The van der Waals surface area contributed by atoms with Gasteiger partial charge < -0.3 is 14.6 Å². The Morgan fingerprint density at radius 2 is 2.38 bits per heavy atom. The average Bonchev–Trinajstić information content (AvgIpc) is 2.48. The normalized spacial score (nSPS) is 24.1. The molecular weight excluding hydrogens is 164 g/mol. The summed E-state index contributed by atoms with van der Waals surface area (Å²) in [6, 6.07) is 0.705. The Hall–Kier alpha value is -0.410. The minimum absolute atomic E-state index is 0.660. The van der Waals surface area contributed by atoms with Crippen molar-refractivity contribution in [3.8, 4) is 0 Å². The van der Waals surface area contributed by atoms with Crippen molar-refractivity contribution in [3.63, 3.8) is 0 Å². The van der Waals surface area contributed by atoms with Gasteiger partial charge in [0.2, 0.25) is 0 Å². The number of likely N-dealkylation sites (tertiary alicyclic amines) is 1. The summed E-state index contributed by atoms with van der Waals surface area (Å²) in [5, 5.41) is 0. The first-order valence-electron chi connectivity index (χ1n) is 5.06. The van der Waals surface area contributed by atoms with E-state index in [-0.39, 0.29) is 0 Å². The number of nitrogens with zero attached hydrogens (tertiary/aromatic N) is 2. The zero-order valence-electron chi connectivity index (χ0n) is 8.70. The molecular formula is C10H20N2O. The Kier molecular flexibility index (Phi) is 4.39. The van der Waals surface area contributed by atoms with Crippen molar-refractivity contribution in [1.82, 2.24) is 9.80 Å². The van der Waals surface area contributed by atoms with Crippen molar-refractivity contribution < 1.29 is 4.79 Å². The predicted octanol–water partition coefficient (Wildman–Crippen LogP) is 0.601. The molecule has 0 aromatic heterocycles. The molecule has 0 aromatic carbocycles. The highest BCUT2D eigenvalue weighted by Gasteiger charge is 2.21. The lowest BCUT2D eigenvalue weighted by atomic mass is 10.2. The van der Waals surface area contributed by atoms with E-state index in [1.54, 1.807) is 0 Å². The number of likely N-dealkylation sites (N-methyl/N-ethyl adjacent to an activating group) is 2. The van der Waals surface area contributed by atoms with E-state index in [4.69, 9.17) is 0 Å². The van der Waals surface area contributed by atoms with Crippen molar-refractivity contribution in [2.24, 2.45) is 0 Å². The molecule has 3 nitrogen and oxygen atoms in total. The highest BCUT2D eigenvalue weighted by Crippen LogP contribution is 2.15. The molecule has 0 spiro atoms. The monoisotopic (exact) mass is 184 g/mol. The van der Waals surface area contributed by atoms with Crippen LogP contribution in [0.15, 0.2) is 0 Å². The maximum absolute atomic E-state index is 10.2. The van der Waals surface area contributed by atoms with Crippen LogP contribution in [0.3, 0.4) is 0 Å². The van der Waals surface area contributed by atoms with Crippen LogP contribution in [0.5, 0.6) is 0 Å². The van der Waals surface area contributed by atoms with Gasteiger partial charge in [0, 0.05) is 25.6 Å². The molecule has 1 heterocycles. The van der Waals surface area contributed by atoms with Crippen molar-refractivity contribution in [2.45, 2.75) is 25.3 Å². The first-order valence-corrected chi connectivity index (χ1v) is 5.06. The Morgan fingerprint density at radius 1 is 1.62 bits per heavy atom. The Balaban J connectivity index is 2.18. The van der Waals surface area contributed by atoms with Gasteiger partial charge >= 0.3 is 0 Å². The molecule has 1 aliphatic rings. The van der Waals surface area contributed by atoms with Gasteiger partial charge in [-0.1, -0.05) is 0 Å². The molecule has 3 heteroatoms. The highest BCUT2D eigenvalue weighted by molar-refractivity contribution is 5.49. The number of carbonyl (C=O) groups is 1. The molecule has 1 atom stereocenters. The van der Waals surface area contributed by atoms with Crippen molar-refractivity contribution in [3.05, 3.63) is 0 Å². The topological polar surface area (TPSA) is 23.6 Å².